The maximum absolute atomic E-state index is 12.9. The molecule has 0 heterocycles. The number of hydrogen-bond donors (Lipinski definition) is 2. The molecule has 35 heavy (non-hydrogen) atoms. The van der Waals surface area contributed by atoms with Crippen molar-refractivity contribution in [2.45, 2.75) is 56.9 Å². The van der Waals surface area contributed by atoms with Crippen LogP contribution in [0.3, 0.4) is 0 Å². The van der Waals surface area contributed by atoms with E-state index in [2.05, 4.69) is 29.6 Å². The average molecular weight is 479 g/mol. The van der Waals surface area contributed by atoms with Crippen LogP contribution in [-0.2, 0) is 14.3 Å². The normalized spacial score (nSPS) is 16.7. The van der Waals surface area contributed by atoms with Gasteiger partial charge in [0.25, 0.3) is 0 Å². The van der Waals surface area contributed by atoms with Crippen LogP contribution in [-0.4, -0.2) is 53.7 Å². The molecule has 0 aliphatic heterocycles. The lowest BCUT2D eigenvalue weighted by Gasteiger charge is -2.35. The van der Waals surface area contributed by atoms with E-state index in [1.807, 2.05) is 31.2 Å². The van der Waals surface area contributed by atoms with E-state index < -0.39 is 17.6 Å². The molecule has 0 saturated heterocycles. The van der Waals surface area contributed by atoms with Gasteiger partial charge in [-0.05, 0) is 41.0 Å². The molecule has 0 spiro atoms. The van der Waals surface area contributed by atoms with Gasteiger partial charge in [0, 0.05) is 25.9 Å². The number of hydrogen-bond acceptors (Lipinski definition) is 4. The highest BCUT2D eigenvalue weighted by molar-refractivity contribution is 5.87. The third kappa shape index (κ3) is 4.90. The number of amides is 2. The number of carboxylic acid groups (broad SMARTS) is 1. The molecular formula is C28H34N2O5. The van der Waals surface area contributed by atoms with Gasteiger partial charge in [0.05, 0.1) is 0 Å². The third-order valence-corrected chi connectivity index (χ3v) is 7.76. The zero-order valence-electron chi connectivity index (χ0n) is 20.5. The summed E-state index contributed by atoms with van der Waals surface area (Å²) in [5.41, 5.74) is 3.55. The van der Waals surface area contributed by atoms with E-state index in [1.54, 1.807) is 7.05 Å². The van der Waals surface area contributed by atoms with Crippen molar-refractivity contribution >= 4 is 18.0 Å². The largest absolute Gasteiger partial charge is 0.479 e. The smallest absolute Gasteiger partial charge is 0.407 e. The molecule has 2 amide bonds. The molecule has 1 unspecified atom stereocenters. The van der Waals surface area contributed by atoms with Crippen molar-refractivity contribution < 1.29 is 24.2 Å². The van der Waals surface area contributed by atoms with Crippen LogP contribution in [0.4, 0.5) is 4.79 Å². The van der Waals surface area contributed by atoms with Crippen molar-refractivity contribution in [2.75, 3.05) is 20.2 Å². The summed E-state index contributed by atoms with van der Waals surface area (Å²) in [6.07, 6.45) is 2.95. The maximum atomic E-state index is 12.9. The fourth-order valence-corrected chi connectivity index (χ4v) is 5.51. The second-order valence-corrected chi connectivity index (χ2v) is 9.68. The Morgan fingerprint density at radius 1 is 1.06 bits per heavy atom. The maximum Gasteiger partial charge on any atom is 0.407 e. The molecular weight excluding hydrogens is 444 g/mol. The number of fused-ring (bicyclic) bond motifs is 3. The second kappa shape index (κ2) is 10.5. The van der Waals surface area contributed by atoms with Crippen LogP contribution in [0.5, 0.6) is 0 Å². The summed E-state index contributed by atoms with van der Waals surface area (Å²) in [5.74, 6) is -1.24. The lowest BCUT2D eigenvalue weighted by atomic mass is 9.93. The van der Waals surface area contributed by atoms with Crippen LogP contribution in [0.1, 0.15) is 62.5 Å². The number of carbonyl (C=O) groups is 3. The van der Waals surface area contributed by atoms with Gasteiger partial charge in [-0.1, -0.05) is 74.7 Å². The van der Waals surface area contributed by atoms with Crippen LogP contribution in [0.15, 0.2) is 48.5 Å². The SMILES string of the molecule is CCC(CNC(=O)OCC1c2ccccc2-c2ccccc21)CC(=O)N(C)C1(C(=O)O)CCCC1. The lowest BCUT2D eigenvalue weighted by molar-refractivity contribution is -0.157. The molecule has 1 fully saturated rings. The number of carbonyl (C=O) groups excluding carboxylic acids is 2. The van der Waals surface area contributed by atoms with Gasteiger partial charge in [-0.25, -0.2) is 9.59 Å². The minimum absolute atomic E-state index is 0.0102. The molecule has 2 aliphatic rings. The third-order valence-electron chi connectivity index (χ3n) is 7.76. The van der Waals surface area contributed by atoms with Gasteiger partial charge in [-0.15, -0.1) is 0 Å². The Kier molecular flexibility index (Phi) is 7.43. The highest BCUT2D eigenvalue weighted by Gasteiger charge is 2.47. The first-order valence-electron chi connectivity index (χ1n) is 12.5. The predicted octanol–water partition coefficient (Wildman–Crippen LogP) is 4.80. The van der Waals surface area contributed by atoms with Crippen molar-refractivity contribution in [3.05, 3.63) is 59.7 Å². The average Bonchev–Trinajstić information content (AvgIpc) is 3.49. The summed E-state index contributed by atoms with van der Waals surface area (Å²) in [6, 6.07) is 16.4. The Hall–Kier alpha value is -3.35. The Morgan fingerprint density at radius 2 is 1.63 bits per heavy atom. The minimum atomic E-state index is -1.10. The zero-order chi connectivity index (χ0) is 25.0. The molecule has 1 saturated carbocycles. The molecule has 7 nitrogen and oxygen atoms in total. The number of rotatable bonds is 9. The van der Waals surface area contributed by atoms with E-state index in [9.17, 15) is 19.5 Å². The van der Waals surface area contributed by atoms with E-state index in [0.717, 1.165) is 24.0 Å². The van der Waals surface area contributed by atoms with Gasteiger partial charge in [-0.2, -0.15) is 0 Å². The molecule has 0 radical (unpaired) electrons. The number of ether oxygens (including phenoxy) is 1. The summed E-state index contributed by atoms with van der Waals surface area (Å²) in [5, 5.41) is 12.6. The molecule has 2 N–H and O–H groups in total. The van der Waals surface area contributed by atoms with Crippen molar-refractivity contribution in [1.82, 2.24) is 10.2 Å². The van der Waals surface area contributed by atoms with E-state index >= 15 is 0 Å². The summed E-state index contributed by atoms with van der Waals surface area (Å²) in [6.45, 7) is 2.49. The van der Waals surface area contributed by atoms with Crippen molar-refractivity contribution in [2.24, 2.45) is 5.92 Å². The summed E-state index contributed by atoms with van der Waals surface area (Å²) in [7, 11) is 1.59. The summed E-state index contributed by atoms with van der Waals surface area (Å²) in [4.78, 5) is 38.7. The van der Waals surface area contributed by atoms with E-state index in [1.165, 1.54) is 16.0 Å². The van der Waals surface area contributed by atoms with Crippen LogP contribution in [0.25, 0.3) is 11.1 Å². The fraction of sp³-hybridized carbons (Fsp3) is 0.464. The van der Waals surface area contributed by atoms with Crippen molar-refractivity contribution in [3.8, 4) is 11.1 Å². The molecule has 0 aromatic heterocycles. The molecule has 186 valence electrons. The number of aliphatic carboxylic acids is 1. The molecule has 4 rings (SSSR count). The molecule has 2 aliphatic carbocycles. The first-order chi connectivity index (χ1) is 16.9. The zero-order valence-corrected chi connectivity index (χ0v) is 20.5. The standard InChI is InChI=1S/C28H34N2O5/c1-3-19(16-25(31)30(2)28(26(32)33)14-8-9-15-28)17-29-27(34)35-18-24-22-12-6-4-10-20(22)21-11-5-7-13-23(21)24/h4-7,10-13,19,24H,3,8-9,14-18H2,1-2H3,(H,29,34)(H,32,33). The quantitative estimate of drug-likeness (QED) is 0.540. The Labute approximate surface area is 206 Å². The first kappa shape index (κ1) is 24.8. The molecule has 2 aromatic rings. The van der Waals surface area contributed by atoms with E-state index in [4.69, 9.17) is 4.74 Å². The van der Waals surface area contributed by atoms with Crippen LogP contribution < -0.4 is 5.32 Å². The number of alkyl carbamates (subject to hydrolysis) is 1. The Bertz CT molecular complexity index is 1050. The van der Waals surface area contributed by atoms with Crippen LogP contribution >= 0.6 is 0 Å². The van der Waals surface area contributed by atoms with Crippen molar-refractivity contribution in [3.63, 3.8) is 0 Å². The second-order valence-electron chi connectivity index (χ2n) is 9.68. The van der Waals surface area contributed by atoms with Gasteiger partial charge in [0.15, 0.2) is 0 Å². The van der Waals surface area contributed by atoms with E-state index in [-0.39, 0.29) is 30.8 Å². The van der Waals surface area contributed by atoms with Gasteiger partial charge in [0.2, 0.25) is 5.91 Å². The highest BCUT2D eigenvalue weighted by Crippen LogP contribution is 2.44. The topological polar surface area (TPSA) is 95.9 Å². The first-order valence-corrected chi connectivity index (χ1v) is 12.5. The molecule has 1 atom stereocenters. The van der Waals surface area contributed by atoms with Crippen LogP contribution in [0.2, 0.25) is 0 Å². The van der Waals surface area contributed by atoms with Gasteiger partial charge in [-0.3, -0.25) is 4.79 Å². The number of carboxylic acids is 1. The number of nitrogens with zero attached hydrogens (tertiary/aromatic N) is 1. The molecule has 0 bridgehead atoms. The van der Waals surface area contributed by atoms with Crippen LogP contribution in [0, 0.1) is 5.92 Å². The lowest BCUT2D eigenvalue weighted by Crippen LogP contribution is -2.53. The van der Waals surface area contributed by atoms with E-state index in [0.29, 0.717) is 25.8 Å². The predicted molar refractivity (Wildman–Crippen MR) is 133 cm³/mol. The van der Waals surface area contributed by atoms with Gasteiger partial charge >= 0.3 is 12.1 Å². The van der Waals surface area contributed by atoms with Gasteiger partial charge in [0.1, 0.15) is 12.1 Å². The highest BCUT2D eigenvalue weighted by atomic mass is 16.5. The summed E-state index contributed by atoms with van der Waals surface area (Å²) < 4.78 is 5.59. The minimum Gasteiger partial charge on any atom is -0.479 e. The number of benzene rings is 2. The fourth-order valence-electron chi connectivity index (χ4n) is 5.51. The molecule has 7 heteroatoms. The Morgan fingerprint density at radius 3 is 2.17 bits per heavy atom. The van der Waals surface area contributed by atoms with Gasteiger partial charge < -0.3 is 20.1 Å². The Balaban J connectivity index is 1.30. The molecule has 2 aromatic carbocycles. The van der Waals surface area contributed by atoms with Crippen molar-refractivity contribution in [1.29, 1.82) is 0 Å². The number of likely N-dealkylation sites (N-methyl/N-ethyl adjacent to an activating group) is 1. The number of nitrogens with one attached hydrogen (secondary N) is 1. The monoisotopic (exact) mass is 478 g/mol. The summed E-state index contributed by atoms with van der Waals surface area (Å²) >= 11 is 0.